The van der Waals surface area contributed by atoms with Gasteiger partial charge in [0.05, 0.1) is 5.56 Å². The molecule has 0 aliphatic heterocycles. The van der Waals surface area contributed by atoms with Crippen molar-refractivity contribution < 1.29 is 13.9 Å². The minimum Gasteiger partial charge on any atom is -0.459 e. The Morgan fingerprint density at radius 3 is 2.03 bits per heavy atom. The van der Waals surface area contributed by atoms with Crippen LogP contribution in [0.1, 0.15) is 145 Å². The molecule has 0 radical (unpaired) electrons. The SMILES string of the molecule is CCCCCCCCCCC1CCC(OC(=O)c2ccc(-c3ncc(CCCCCCC)cn3)cc2F)CC1. The molecule has 2 aromatic rings. The zero-order valence-electron chi connectivity index (χ0n) is 24.6. The van der Waals surface area contributed by atoms with E-state index in [1.807, 2.05) is 12.4 Å². The summed E-state index contributed by atoms with van der Waals surface area (Å²) in [6.45, 7) is 4.48. The maximum Gasteiger partial charge on any atom is 0.341 e. The molecule has 5 heteroatoms. The van der Waals surface area contributed by atoms with Crippen LogP contribution in [0, 0.1) is 11.7 Å². The van der Waals surface area contributed by atoms with Crippen LogP contribution >= 0.6 is 0 Å². The first kappa shape index (κ1) is 31.2. The molecule has 1 aromatic carbocycles. The van der Waals surface area contributed by atoms with Gasteiger partial charge in [0.1, 0.15) is 11.9 Å². The van der Waals surface area contributed by atoms with Crippen molar-refractivity contribution in [2.75, 3.05) is 0 Å². The molecular weight excluding hydrogens is 487 g/mol. The number of nitrogens with zero attached hydrogens (tertiary/aromatic N) is 2. The molecule has 0 N–H and O–H groups in total. The van der Waals surface area contributed by atoms with Gasteiger partial charge in [0.2, 0.25) is 0 Å². The van der Waals surface area contributed by atoms with E-state index in [9.17, 15) is 9.18 Å². The average Bonchev–Trinajstić information content (AvgIpc) is 2.95. The summed E-state index contributed by atoms with van der Waals surface area (Å²) in [5, 5.41) is 0. The number of aryl methyl sites for hydroxylation is 1. The Kier molecular flexibility index (Phi) is 14.5. The summed E-state index contributed by atoms with van der Waals surface area (Å²) in [4.78, 5) is 21.6. The van der Waals surface area contributed by atoms with Gasteiger partial charge in [0.25, 0.3) is 0 Å². The summed E-state index contributed by atoms with van der Waals surface area (Å²) in [7, 11) is 0. The third-order valence-corrected chi connectivity index (χ3v) is 8.25. The maximum absolute atomic E-state index is 14.9. The molecule has 216 valence electrons. The summed E-state index contributed by atoms with van der Waals surface area (Å²) < 4.78 is 20.6. The number of halogens is 1. The van der Waals surface area contributed by atoms with E-state index in [0.29, 0.717) is 11.4 Å². The fourth-order valence-corrected chi connectivity index (χ4v) is 5.71. The third-order valence-electron chi connectivity index (χ3n) is 8.25. The Bertz CT molecular complexity index is 954. The molecule has 1 aromatic heterocycles. The van der Waals surface area contributed by atoms with E-state index >= 15 is 0 Å². The van der Waals surface area contributed by atoms with E-state index in [4.69, 9.17) is 4.74 Å². The largest absolute Gasteiger partial charge is 0.459 e. The first-order valence-electron chi connectivity index (χ1n) is 15.9. The van der Waals surface area contributed by atoms with E-state index < -0.39 is 11.8 Å². The Labute approximate surface area is 236 Å². The van der Waals surface area contributed by atoms with Gasteiger partial charge in [0.15, 0.2) is 5.82 Å². The van der Waals surface area contributed by atoms with Crippen LogP contribution in [0.3, 0.4) is 0 Å². The lowest BCUT2D eigenvalue weighted by molar-refractivity contribution is 0.0156. The second kappa shape index (κ2) is 18.1. The van der Waals surface area contributed by atoms with Crippen LogP contribution in [-0.2, 0) is 11.2 Å². The minimum atomic E-state index is -0.579. The minimum absolute atomic E-state index is 0.0106. The normalized spacial score (nSPS) is 17.3. The van der Waals surface area contributed by atoms with Gasteiger partial charge in [-0.05, 0) is 62.1 Å². The number of unbranched alkanes of at least 4 members (excludes halogenated alkanes) is 11. The molecule has 0 amide bonds. The van der Waals surface area contributed by atoms with Gasteiger partial charge in [-0.25, -0.2) is 19.2 Å². The van der Waals surface area contributed by atoms with Crippen LogP contribution in [-0.4, -0.2) is 22.0 Å². The number of rotatable bonds is 18. The smallest absolute Gasteiger partial charge is 0.341 e. The number of ether oxygens (including phenoxy) is 1. The molecule has 1 heterocycles. The van der Waals surface area contributed by atoms with Gasteiger partial charge in [-0.1, -0.05) is 103 Å². The maximum atomic E-state index is 14.9. The van der Waals surface area contributed by atoms with Crippen LogP contribution < -0.4 is 0 Å². The van der Waals surface area contributed by atoms with Crippen molar-refractivity contribution in [1.29, 1.82) is 0 Å². The second-order valence-electron chi connectivity index (χ2n) is 11.6. The predicted molar refractivity (Wildman–Crippen MR) is 158 cm³/mol. The first-order chi connectivity index (χ1) is 19.1. The van der Waals surface area contributed by atoms with Crippen molar-refractivity contribution >= 4 is 5.97 Å². The summed E-state index contributed by atoms with van der Waals surface area (Å²) in [6.07, 6.45) is 26.7. The molecule has 1 aliphatic rings. The highest BCUT2D eigenvalue weighted by atomic mass is 19.1. The van der Waals surface area contributed by atoms with Crippen molar-refractivity contribution in [1.82, 2.24) is 9.97 Å². The van der Waals surface area contributed by atoms with E-state index in [-0.39, 0.29) is 11.7 Å². The summed E-state index contributed by atoms with van der Waals surface area (Å²) in [6, 6.07) is 4.56. The van der Waals surface area contributed by atoms with E-state index in [1.54, 1.807) is 6.07 Å². The predicted octanol–water partition coefficient (Wildman–Crippen LogP) is 10.0. The lowest BCUT2D eigenvalue weighted by Crippen LogP contribution is -2.25. The molecule has 39 heavy (non-hydrogen) atoms. The second-order valence-corrected chi connectivity index (χ2v) is 11.6. The molecule has 0 bridgehead atoms. The van der Waals surface area contributed by atoms with Crippen LogP contribution in [0.25, 0.3) is 11.4 Å². The summed E-state index contributed by atoms with van der Waals surface area (Å²) >= 11 is 0. The number of carbonyl (C=O) groups excluding carboxylic acids is 1. The molecule has 1 saturated carbocycles. The van der Waals surface area contributed by atoms with Crippen LogP contribution in [0.5, 0.6) is 0 Å². The molecule has 0 atom stereocenters. The molecule has 3 rings (SSSR count). The zero-order valence-corrected chi connectivity index (χ0v) is 24.6. The van der Waals surface area contributed by atoms with E-state index in [2.05, 4.69) is 23.8 Å². The van der Waals surface area contributed by atoms with Crippen molar-refractivity contribution in [3.63, 3.8) is 0 Å². The number of hydrogen-bond acceptors (Lipinski definition) is 4. The van der Waals surface area contributed by atoms with Crippen LogP contribution in [0.2, 0.25) is 0 Å². The zero-order chi connectivity index (χ0) is 27.7. The fraction of sp³-hybridized carbons (Fsp3) is 0.676. The molecule has 0 unspecified atom stereocenters. The van der Waals surface area contributed by atoms with E-state index in [0.717, 1.165) is 50.0 Å². The van der Waals surface area contributed by atoms with Crippen LogP contribution in [0.15, 0.2) is 30.6 Å². The van der Waals surface area contributed by atoms with Gasteiger partial charge in [-0.3, -0.25) is 0 Å². The number of carbonyl (C=O) groups is 1. The lowest BCUT2D eigenvalue weighted by Gasteiger charge is -2.28. The molecule has 1 fully saturated rings. The standard InChI is InChI=1S/C34H51FN2O2/c1-3-5-7-9-10-11-13-14-16-27-18-21-30(22-19-27)39-34(38)31-23-20-29(24-32(31)35)33-36-25-28(26-37-33)17-15-12-8-6-4-2/h20,23-27,30H,3-19,21-22H2,1-2H3. The van der Waals surface area contributed by atoms with Crippen molar-refractivity contribution in [2.24, 2.45) is 5.92 Å². The monoisotopic (exact) mass is 538 g/mol. The number of esters is 1. The number of benzene rings is 1. The Morgan fingerprint density at radius 1 is 0.821 bits per heavy atom. The Balaban J connectivity index is 1.37. The molecule has 0 spiro atoms. The fourth-order valence-electron chi connectivity index (χ4n) is 5.71. The molecular formula is C34H51FN2O2. The Morgan fingerprint density at radius 2 is 1.41 bits per heavy atom. The quantitative estimate of drug-likeness (QED) is 0.140. The summed E-state index contributed by atoms with van der Waals surface area (Å²) in [5.41, 5.74) is 1.66. The van der Waals surface area contributed by atoms with E-state index in [1.165, 1.54) is 95.6 Å². The first-order valence-corrected chi connectivity index (χ1v) is 15.9. The third kappa shape index (κ3) is 11.4. The van der Waals surface area contributed by atoms with Gasteiger partial charge < -0.3 is 4.74 Å². The van der Waals surface area contributed by atoms with Crippen molar-refractivity contribution in [3.05, 3.63) is 47.5 Å². The number of hydrogen-bond donors (Lipinski definition) is 0. The van der Waals surface area contributed by atoms with Crippen molar-refractivity contribution in [2.45, 2.75) is 142 Å². The molecule has 0 saturated heterocycles. The van der Waals surface area contributed by atoms with Crippen molar-refractivity contribution in [3.8, 4) is 11.4 Å². The average molecular weight is 539 g/mol. The van der Waals surface area contributed by atoms with Gasteiger partial charge in [-0.15, -0.1) is 0 Å². The highest BCUT2D eigenvalue weighted by Gasteiger charge is 2.25. The Hall–Kier alpha value is -2.30. The molecule has 4 nitrogen and oxygen atoms in total. The lowest BCUT2D eigenvalue weighted by atomic mass is 9.84. The van der Waals surface area contributed by atoms with Crippen LogP contribution in [0.4, 0.5) is 4.39 Å². The topological polar surface area (TPSA) is 52.1 Å². The van der Waals surface area contributed by atoms with Gasteiger partial charge >= 0.3 is 5.97 Å². The highest BCUT2D eigenvalue weighted by Crippen LogP contribution is 2.31. The highest BCUT2D eigenvalue weighted by molar-refractivity contribution is 5.90. The number of aromatic nitrogens is 2. The molecule has 1 aliphatic carbocycles. The van der Waals surface area contributed by atoms with Gasteiger partial charge in [0, 0.05) is 18.0 Å². The van der Waals surface area contributed by atoms with Gasteiger partial charge in [-0.2, -0.15) is 0 Å². The summed E-state index contributed by atoms with van der Waals surface area (Å²) in [5.74, 6) is 0.0660.